The first-order valence-electron chi connectivity index (χ1n) is 6.27. The molecule has 116 valence electrons. The molecule has 2 rings (SSSR count). The number of nitrogens with two attached hydrogens (primary N) is 1. The van der Waals surface area contributed by atoms with Crippen molar-refractivity contribution in [2.45, 2.75) is 12.7 Å². The van der Waals surface area contributed by atoms with Gasteiger partial charge in [-0.1, -0.05) is 18.2 Å². The van der Waals surface area contributed by atoms with Gasteiger partial charge in [-0.05, 0) is 11.6 Å². The number of amides is 1. The molecule has 0 saturated heterocycles. The molecule has 1 amide bonds. The molecule has 2 N–H and O–H groups in total. The van der Waals surface area contributed by atoms with Crippen molar-refractivity contribution in [3.63, 3.8) is 0 Å². The Morgan fingerprint density at radius 2 is 1.95 bits per heavy atom. The van der Waals surface area contributed by atoms with Crippen LogP contribution < -0.4 is 10.6 Å². The highest BCUT2D eigenvalue weighted by Gasteiger charge is 2.33. The minimum absolute atomic E-state index is 0.0351. The zero-order valence-corrected chi connectivity index (χ0v) is 11.6. The third-order valence-corrected chi connectivity index (χ3v) is 3.00. The lowest BCUT2D eigenvalue weighted by molar-refractivity contribution is -0.138. The summed E-state index contributed by atoms with van der Waals surface area (Å²) in [5, 5.41) is 0. The van der Waals surface area contributed by atoms with Gasteiger partial charge < -0.3 is 10.6 Å². The lowest BCUT2D eigenvalue weighted by Gasteiger charge is -2.20. The summed E-state index contributed by atoms with van der Waals surface area (Å²) in [7, 11) is 1.56. The van der Waals surface area contributed by atoms with Gasteiger partial charge in [0, 0.05) is 13.6 Å². The normalized spacial score (nSPS) is 11.3. The fourth-order valence-electron chi connectivity index (χ4n) is 1.93. The summed E-state index contributed by atoms with van der Waals surface area (Å²) in [5.74, 6) is -0.494. The van der Waals surface area contributed by atoms with Gasteiger partial charge in [-0.3, -0.25) is 9.78 Å². The number of rotatable bonds is 4. The number of anilines is 1. The maximum atomic E-state index is 13.0. The largest absolute Gasteiger partial charge is 0.416 e. The van der Waals surface area contributed by atoms with E-state index < -0.39 is 17.6 Å². The summed E-state index contributed by atoms with van der Waals surface area (Å²) in [4.78, 5) is 20.3. The van der Waals surface area contributed by atoms with Crippen LogP contribution in [-0.4, -0.2) is 22.9 Å². The molecule has 8 heteroatoms. The zero-order chi connectivity index (χ0) is 16.3. The highest BCUT2D eigenvalue weighted by Crippen LogP contribution is 2.32. The summed E-state index contributed by atoms with van der Waals surface area (Å²) in [6.45, 7) is -0.0351. The van der Waals surface area contributed by atoms with Gasteiger partial charge >= 0.3 is 6.18 Å². The third-order valence-electron chi connectivity index (χ3n) is 3.00. The Morgan fingerprint density at radius 1 is 1.27 bits per heavy atom. The summed E-state index contributed by atoms with van der Waals surface area (Å²) in [6.07, 6.45) is -1.88. The molecule has 5 nitrogen and oxygen atoms in total. The van der Waals surface area contributed by atoms with Crippen molar-refractivity contribution < 1.29 is 18.0 Å². The van der Waals surface area contributed by atoms with Crippen LogP contribution >= 0.6 is 0 Å². The van der Waals surface area contributed by atoms with E-state index in [1.165, 1.54) is 35.5 Å². The van der Waals surface area contributed by atoms with E-state index in [0.717, 1.165) is 6.07 Å². The number of hydrogen-bond acceptors (Lipinski definition) is 4. The number of alkyl halides is 3. The van der Waals surface area contributed by atoms with Crippen LogP contribution in [0.25, 0.3) is 0 Å². The summed E-state index contributed by atoms with van der Waals surface area (Å²) >= 11 is 0. The summed E-state index contributed by atoms with van der Waals surface area (Å²) in [5.41, 5.74) is 4.45. The third kappa shape index (κ3) is 3.51. The molecule has 0 radical (unpaired) electrons. The Balaban J connectivity index is 2.28. The number of halogens is 3. The molecule has 0 spiro atoms. The minimum atomic E-state index is -4.43. The van der Waals surface area contributed by atoms with Gasteiger partial charge in [-0.15, -0.1) is 0 Å². The smallest absolute Gasteiger partial charge is 0.364 e. The van der Waals surface area contributed by atoms with Crippen molar-refractivity contribution in [1.29, 1.82) is 0 Å². The van der Waals surface area contributed by atoms with E-state index in [4.69, 9.17) is 5.73 Å². The average molecular weight is 310 g/mol. The molecule has 1 aromatic heterocycles. The number of aromatic nitrogens is 2. The van der Waals surface area contributed by atoms with Crippen LogP contribution in [0.4, 0.5) is 19.0 Å². The van der Waals surface area contributed by atoms with E-state index in [9.17, 15) is 18.0 Å². The van der Waals surface area contributed by atoms with Crippen molar-refractivity contribution >= 4 is 11.7 Å². The van der Waals surface area contributed by atoms with Crippen molar-refractivity contribution in [2.24, 2.45) is 5.73 Å². The molecular formula is C14H13F3N4O. The Kier molecular flexibility index (Phi) is 4.30. The number of primary amides is 1. The van der Waals surface area contributed by atoms with Crippen molar-refractivity contribution in [2.75, 3.05) is 11.9 Å². The van der Waals surface area contributed by atoms with Gasteiger partial charge in [0.1, 0.15) is 11.5 Å². The first-order chi connectivity index (χ1) is 10.3. The molecule has 0 unspecified atom stereocenters. The number of carbonyl (C=O) groups excluding carboxylic acids is 1. The van der Waals surface area contributed by atoms with E-state index in [0.29, 0.717) is 0 Å². The summed E-state index contributed by atoms with van der Waals surface area (Å²) < 4.78 is 38.9. The molecule has 0 bridgehead atoms. The van der Waals surface area contributed by atoms with E-state index in [1.807, 2.05) is 0 Å². The predicted octanol–water partition coefficient (Wildman–Crippen LogP) is 2.23. The first-order valence-corrected chi connectivity index (χ1v) is 6.27. The van der Waals surface area contributed by atoms with Crippen LogP contribution in [0, 0.1) is 0 Å². The van der Waals surface area contributed by atoms with Crippen LogP contribution in [0.15, 0.2) is 36.7 Å². The van der Waals surface area contributed by atoms with E-state index in [1.54, 1.807) is 7.05 Å². The maximum Gasteiger partial charge on any atom is 0.416 e. The van der Waals surface area contributed by atoms with Gasteiger partial charge in [0.05, 0.1) is 18.0 Å². The molecule has 22 heavy (non-hydrogen) atoms. The van der Waals surface area contributed by atoms with Crippen LogP contribution in [0.3, 0.4) is 0 Å². The Hall–Kier alpha value is -2.64. The maximum absolute atomic E-state index is 13.0. The molecule has 1 heterocycles. The fourth-order valence-corrected chi connectivity index (χ4v) is 1.93. The molecule has 0 aliphatic carbocycles. The van der Waals surface area contributed by atoms with E-state index >= 15 is 0 Å². The molecule has 0 fully saturated rings. The van der Waals surface area contributed by atoms with Gasteiger partial charge in [0.25, 0.3) is 5.91 Å². The minimum Gasteiger partial charge on any atom is -0.364 e. The van der Waals surface area contributed by atoms with Crippen LogP contribution in [0.2, 0.25) is 0 Å². The molecule has 0 aliphatic heterocycles. The first kappa shape index (κ1) is 15.7. The van der Waals surface area contributed by atoms with Crippen LogP contribution in [0.1, 0.15) is 21.6 Å². The number of hydrogen-bond donors (Lipinski definition) is 1. The van der Waals surface area contributed by atoms with Gasteiger partial charge in [-0.2, -0.15) is 13.2 Å². The number of nitrogens with zero attached hydrogens (tertiary/aromatic N) is 3. The average Bonchev–Trinajstić information content (AvgIpc) is 2.46. The highest BCUT2D eigenvalue weighted by atomic mass is 19.4. The standard InChI is InChI=1S/C14H13F3N4O/c1-21(12-7-19-6-11(20-12)13(18)22)8-9-4-2-3-5-10(9)14(15,16)17/h2-7H,8H2,1H3,(H2,18,22). The van der Waals surface area contributed by atoms with Crippen molar-refractivity contribution in [3.8, 4) is 0 Å². The fraction of sp³-hybridized carbons (Fsp3) is 0.214. The van der Waals surface area contributed by atoms with E-state index in [2.05, 4.69) is 9.97 Å². The second-order valence-electron chi connectivity index (χ2n) is 4.64. The summed E-state index contributed by atoms with van der Waals surface area (Å²) in [6, 6.07) is 5.28. The zero-order valence-electron chi connectivity index (χ0n) is 11.6. The second kappa shape index (κ2) is 6.00. The molecular weight excluding hydrogens is 297 g/mol. The van der Waals surface area contributed by atoms with Gasteiger partial charge in [-0.25, -0.2) is 4.98 Å². The van der Waals surface area contributed by atoms with Crippen molar-refractivity contribution in [3.05, 3.63) is 53.5 Å². The predicted molar refractivity (Wildman–Crippen MR) is 74.1 cm³/mol. The van der Waals surface area contributed by atoms with Crippen LogP contribution in [0.5, 0.6) is 0 Å². The quantitative estimate of drug-likeness (QED) is 0.940. The van der Waals surface area contributed by atoms with Gasteiger partial charge in [0.15, 0.2) is 0 Å². The Morgan fingerprint density at radius 3 is 2.59 bits per heavy atom. The van der Waals surface area contributed by atoms with E-state index in [-0.39, 0.29) is 23.6 Å². The lowest BCUT2D eigenvalue weighted by atomic mass is 10.1. The van der Waals surface area contributed by atoms with Gasteiger partial charge in [0.2, 0.25) is 0 Å². The monoisotopic (exact) mass is 310 g/mol. The Bertz CT molecular complexity index is 688. The van der Waals surface area contributed by atoms with Crippen LogP contribution in [-0.2, 0) is 12.7 Å². The second-order valence-corrected chi connectivity index (χ2v) is 4.64. The Labute approximate surface area is 124 Å². The lowest BCUT2D eigenvalue weighted by Crippen LogP contribution is -2.22. The molecule has 2 aromatic rings. The number of benzene rings is 1. The molecule has 0 saturated carbocycles. The molecule has 1 aromatic carbocycles. The number of carbonyl (C=O) groups is 1. The van der Waals surface area contributed by atoms with Crippen molar-refractivity contribution in [1.82, 2.24) is 9.97 Å². The molecule has 0 aliphatic rings. The SMILES string of the molecule is CN(Cc1ccccc1C(F)(F)F)c1cncc(C(N)=O)n1. The topological polar surface area (TPSA) is 72.1 Å². The highest BCUT2D eigenvalue weighted by molar-refractivity contribution is 5.90. The molecule has 0 atom stereocenters.